The zero-order valence-corrected chi connectivity index (χ0v) is 19.4. The van der Waals surface area contributed by atoms with E-state index < -0.39 is 5.76 Å². The molecule has 0 unspecified atom stereocenters. The van der Waals surface area contributed by atoms with Gasteiger partial charge in [0.2, 0.25) is 0 Å². The number of carbonyl (C=O) groups is 2. The summed E-state index contributed by atoms with van der Waals surface area (Å²) >= 11 is 0. The number of fused-ring (bicyclic) bond motifs is 2. The highest BCUT2D eigenvalue weighted by atomic mass is 16.4. The Morgan fingerprint density at radius 2 is 1.94 bits per heavy atom. The molecule has 2 N–H and O–H groups in total. The smallest absolute Gasteiger partial charge is 0.408 e. The summed E-state index contributed by atoms with van der Waals surface area (Å²) < 4.78 is 5.13. The molecule has 34 heavy (non-hydrogen) atoms. The third-order valence-electron chi connectivity index (χ3n) is 6.99. The van der Waals surface area contributed by atoms with Crippen molar-refractivity contribution in [3.8, 4) is 0 Å². The van der Waals surface area contributed by atoms with Crippen LogP contribution in [-0.4, -0.2) is 53.9 Å². The Labute approximate surface area is 197 Å². The highest BCUT2D eigenvalue weighted by Gasteiger charge is 2.31. The minimum Gasteiger partial charge on any atom is -0.408 e. The molecule has 8 nitrogen and oxygen atoms in total. The number of likely N-dealkylation sites (tertiary alicyclic amines) is 1. The molecule has 2 aliphatic rings. The first kappa shape index (κ1) is 22.4. The van der Waals surface area contributed by atoms with E-state index in [4.69, 9.17) is 4.42 Å². The van der Waals surface area contributed by atoms with E-state index >= 15 is 0 Å². The van der Waals surface area contributed by atoms with Gasteiger partial charge in [-0.2, -0.15) is 0 Å². The van der Waals surface area contributed by atoms with Gasteiger partial charge in [0, 0.05) is 43.3 Å². The Kier molecular flexibility index (Phi) is 6.24. The first-order chi connectivity index (χ1) is 16.5. The SMILES string of the molecule is Cc1cc(C(=O)CCCN2CCC(N3C(=O)NCCc4ccccc43)CC2)cc2oc(=O)[nH]c12. The molecule has 1 aromatic heterocycles. The highest BCUT2D eigenvalue weighted by Crippen LogP contribution is 2.29. The number of rotatable bonds is 6. The average Bonchev–Trinajstić information content (AvgIpc) is 3.13. The molecule has 2 aliphatic heterocycles. The van der Waals surface area contributed by atoms with Crippen LogP contribution in [0.3, 0.4) is 0 Å². The molecule has 3 heterocycles. The van der Waals surface area contributed by atoms with Crippen molar-refractivity contribution in [2.75, 3.05) is 31.1 Å². The molecule has 0 saturated carbocycles. The number of aromatic amines is 1. The van der Waals surface area contributed by atoms with Gasteiger partial charge in [-0.3, -0.25) is 14.7 Å². The van der Waals surface area contributed by atoms with Crippen LogP contribution in [0.25, 0.3) is 11.1 Å². The highest BCUT2D eigenvalue weighted by molar-refractivity contribution is 5.99. The van der Waals surface area contributed by atoms with Crippen LogP contribution in [-0.2, 0) is 6.42 Å². The molecule has 2 amide bonds. The number of amides is 2. The van der Waals surface area contributed by atoms with Crippen molar-refractivity contribution in [3.05, 3.63) is 63.6 Å². The van der Waals surface area contributed by atoms with Crippen molar-refractivity contribution in [1.29, 1.82) is 0 Å². The number of nitrogens with zero attached hydrogens (tertiary/aromatic N) is 2. The molecule has 5 rings (SSSR count). The van der Waals surface area contributed by atoms with Crippen LogP contribution in [0.2, 0.25) is 0 Å². The lowest BCUT2D eigenvalue weighted by Gasteiger charge is -2.38. The first-order valence-electron chi connectivity index (χ1n) is 12.0. The fraction of sp³-hybridized carbons (Fsp3) is 0.423. The van der Waals surface area contributed by atoms with Crippen molar-refractivity contribution in [2.24, 2.45) is 0 Å². The van der Waals surface area contributed by atoms with Crippen LogP contribution in [0.1, 0.15) is 47.2 Å². The normalized spacial score (nSPS) is 17.4. The van der Waals surface area contributed by atoms with Crippen LogP contribution in [0.4, 0.5) is 10.5 Å². The minimum atomic E-state index is -0.507. The number of hydrogen-bond donors (Lipinski definition) is 2. The first-order valence-corrected chi connectivity index (χ1v) is 12.0. The number of Topliss-reactive ketones (excluding diaryl/α,β-unsaturated/α-hetero) is 1. The summed E-state index contributed by atoms with van der Waals surface area (Å²) in [5.41, 5.74) is 4.73. The Morgan fingerprint density at radius 3 is 2.76 bits per heavy atom. The van der Waals surface area contributed by atoms with E-state index in [1.807, 2.05) is 30.0 Å². The molecule has 0 bridgehead atoms. The van der Waals surface area contributed by atoms with Crippen LogP contribution < -0.4 is 16.0 Å². The van der Waals surface area contributed by atoms with Gasteiger partial charge < -0.3 is 14.6 Å². The van der Waals surface area contributed by atoms with E-state index in [1.54, 1.807) is 6.07 Å². The van der Waals surface area contributed by atoms with E-state index in [0.717, 1.165) is 56.6 Å². The van der Waals surface area contributed by atoms with Crippen molar-refractivity contribution >= 4 is 28.6 Å². The third-order valence-corrected chi connectivity index (χ3v) is 6.99. The molecule has 1 fully saturated rings. The van der Waals surface area contributed by atoms with Crippen molar-refractivity contribution in [3.63, 3.8) is 0 Å². The molecule has 0 spiro atoms. The number of aromatic nitrogens is 1. The van der Waals surface area contributed by atoms with Crippen LogP contribution in [0, 0.1) is 6.92 Å². The lowest BCUT2D eigenvalue weighted by Crippen LogP contribution is -2.50. The predicted molar refractivity (Wildman–Crippen MR) is 131 cm³/mol. The number of para-hydroxylation sites is 1. The Balaban J connectivity index is 1.15. The van der Waals surface area contributed by atoms with Gasteiger partial charge in [0.25, 0.3) is 0 Å². The maximum atomic E-state index is 12.8. The second-order valence-electron chi connectivity index (χ2n) is 9.26. The van der Waals surface area contributed by atoms with Gasteiger partial charge in [0.15, 0.2) is 11.4 Å². The third kappa shape index (κ3) is 4.50. The summed E-state index contributed by atoms with van der Waals surface area (Å²) in [6.45, 7) is 5.19. The van der Waals surface area contributed by atoms with Crippen molar-refractivity contribution in [1.82, 2.24) is 15.2 Å². The number of hydrogen-bond acceptors (Lipinski definition) is 5. The average molecular weight is 463 g/mol. The van der Waals surface area contributed by atoms with Crippen LogP contribution in [0.5, 0.6) is 0 Å². The molecular formula is C26H30N4O4. The summed E-state index contributed by atoms with van der Waals surface area (Å²) in [4.78, 5) is 44.0. The van der Waals surface area contributed by atoms with E-state index in [9.17, 15) is 14.4 Å². The summed E-state index contributed by atoms with van der Waals surface area (Å²) in [6.07, 6.45) is 3.90. The van der Waals surface area contributed by atoms with E-state index in [-0.39, 0.29) is 17.9 Å². The Hall–Kier alpha value is -3.39. The van der Waals surface area contributed by atoms with Gasteiger partial charge in [-0.25, -0.2) is 9.59 Å². The van der Waals surface area contributed by atoms with Gasteiger partial charge >= 0.3 is 11.8 Å². The number of oxazole rings is 1. The van der Waals surface area contributed by atoms with E-state index in [2.05, 4.69) is 27.3 Å². The maximum absolute atomic E-state index is 12.8. The summed E-state index contributed by atoms with van der Waals surface area (Å²) in [6, 6.07) is 11.8. The zero-order chi connectivity index (χ0) is 23.7. The number of nitrogens with one attached hydrogen (secondary N) is 2. The lowest BCUT2D eigenvalue weighted by molar-refractivity contribution is 0.0972. The van der Waals surface area contributed by atoms with Gasteiger partial charge in [0.1, 0.15) is 0 Å². The predicted octanol–water partition coefficient (Wildman–Crippen LogP) is 3.63. The molecule has 8 heteroatoms. The van der Waals surface area contributed by atoms with Crippen molar-refractivity contribution in [2.45, 2.75) is 45.1 Å². The summed E-state index contributed by atoms with van der Waals surface area (Å²) in [5.74, 6) is -0.450. The minimum absolute atomic E-state index is 0.000448. The van der Waals surface area contributed by atoms with Gasteiger partial charge in [-0.05, 0) is 68.5 Å². The molecule has 0 aliphatic carbocycles. The Bertz CT molecular complexity index is 1270. The van der Waals surface area contributed by atoms with E-state index in [0.29, 0.717) is 29.6 Å². The zero-order valence-electron chi connectivity index (χ0n) is 19.4. The topological polar surface area (TPSA) is 98.7 Å². The molecule has 178 valence electrons. The molecule has 3 aromatic rings. The molecule has 0 atom stereocenters. The van der Waals surface area contributed by atoms with Crippen LogP contribution in [0.15, 0.2) is 45.6 Å². The largest absolute Gasteiger partial charge is 0.417 e. The van der Waals surface area contributed by atoms with Gasteiger partial charge in [0.05, 0.1) is 5.52 Å². The second-order valence-corrected chi connectivity index (χ2v) is 9.26. The van der Waals surface area contributed by atoms with E-state index in [1.165, 1.54) is 5.56 Å². The monoisotopic (exact) mass is 462 g/mol. The quantitative estimate of drug-likeness (QED) is 0.545. The Morgan fingerprint density at radius 1 is 1.15 bits per heavy atom. The van der Waals surface area contributed by atoms with Gasteiger partial charge in [-0.15, -0.1) is 0 Å². The molecule has 2 aromatic carbocycles. The fourth-order valence-electron chi connectivity index (χ4n) is 5.21. The number of aryl methyl sites for hydroxylation is 1. The second kappa shape index (κ2) is 9.46. The number of benzene rings is 2. The molecule has 1 saturated heterocycles. The van der Waals surface area contributed by atoms with Crippen LogP contribution >= 0.6 is 0 Å². The number of urea groups is 1. The number of piperidine rings is 1. The lowest BCUT2D eigenvalue weighted by atomic mass is 10.00. The standard InChI is InChI=1S/C26H30N4O4/c1-17-15-19(16-23-24(17)28-26(33)34-23)22(31)7-4-12-29-13-9-20(10-14-29)30-21-6-3-2-5-18(21)8-11-27-25(30)32/h2-3,5-6,15-16,20H,4,7-14H2,1H3,(H,27,32)(H,28,33). The number of ketones is 1. The van der Waals surface area contributed by atoms with Gasteiger partial charge in [-0.1, -0.05) is 18.2 Å². The fourth-order valence-corrected chi connectivity index (χ4v) is 5.21. The molecule has 0 radical (unpaired) electrons. The molecular weight excluding hydrogens is 432 g/mol. The number of carbonyl (C=O) groups excluding carboxylic acids is 2. The summed E-state index contributed by atoms with van der Waals surface area (Å²) in [7, 11) is 0. The van der Waals surface area contributed by atoms with Crippen molar-refractivity contribution < 1.29 is 14.0 Å². The summed E-state index contributed by atoms with van der Waals surface area (Å²) in [5, 5.41) is 3.04. The number of H-pyrrole nitrogens is 1. The number of anilines is 1. The maximum Gasteiger partial charge on any atom is 0.417 e.